The number of carbonyl (C=O) groups excluding carboxylic acids is 1. The number of halogens is 3. The molecule has 1 fully saturated rings. The quantitative estimate of drug-likeness (QED) is 0.430. The number of hydrogen-bond acceptors (Lipinski definition) is 7. The lowest BCUT2D eigenvalue weighted by Gasteiger charge is -2.41. The highest BCUT2D eigenvalue weighted by molar-refractivity contribution is 6.01. The van der Waals surface area contributed by atoms with Crippen molar-refractivity contribution in [2.75, 3.05) is 17.2 Å². The number of nitrogens with two attached hydrogens (primary N) is 1. The Morgan fingerprint density at radius 2 is 1.97 bits per heavy atom. The van der Waals surface area contributed by atoms with E-state index in [1.54, 1.807) is 38.1 Å². The van der Waals surface area contributed by atoms with E-state index in [0.717, 1.165) is 4.68 Å². The van der Waals surface area contributed by atoms with Crippen LogP contribution in [0, 0.1) is 11.3 Å². The van der Waals surface area contributed by atoms with E-state index in [4.69, 9.17) is 10.5 Å². The molecular formula is C25H23F3N8O2. The Morgan fingerprint density at radius 1 is 1.21 bits per heavy atom. The van der Waals surface area contributed by atoms with Gasteiger partial charge in [0.15, 0.2) is 5.82 Å². The summed E-state index contributed by atoms with van der Waals surface area (Å²) >= 11 is 0. The number of alkyl halides is 3. The molecule has 1 aliphatic rings. The molecule has 0 aliphatic carbocycles. The fourth-order valence-corrected chi connectivity index (χ4v) is 4.80. The first kappa shape index (κ1) is 25.2. The molecule has 0 saturated carbocycles. The lowest BCUT2D eigenvalue weighted by molar-refractivity contribution is -0.153. The van der Waals surface area contributed by atoms with Crippen molar-refractivity contribution in [3.05, 3.63) is 48.4 Å². The first-order chi connectivity index (χ1) is 17.9. The van der Waals surface area contributed by atoms with Gasteiger partial charge >= 0.3 is 6.18 Å². The highest BCUT2D eigenvalue weighted by Crippen LogP contribution is 2.38. The molecule has 1 amide bonds. The van der Waals surface area contributed by atoms with Gasteiger partial charge in [0.25, 0.3) is 5.91 Å². The molecule has 1 saturated heterocycles. The second kappa shape index (κ2) is 8.84. The Bertz CT molecular complexity index is 1600. The van der Waals surface area contributed by atoms with Crippen molar-refractivity contribution in [1.82, 2.24) is 24.4 Å². The summed E-state index contributed by atoms with van der Waals surface area (Å²) in [6.45, 7) is 4.14. The van der Waals surface area contributed by atoms with Gasteiger partial charge in [-0.05, 0) is 45.0 Å². The van der Waals surface area contributed by atoms with Crippen molar-refractivity contribution in [3.8, 4) is 28.6 Å². The average Bonchev–Trinajstić information content (AvgIpc) is 3.44. The largest absolute Gasteiger partial charge is 0.408 e. The number of amides is 1. The summed E-state index contributed by atoms with van der Waals surface area (Å²) in [5.74, 6) is -0.235. The maximum Gasteiger partial charge on any atom is 0.408 e. The molecular weight excluding hydrogens is 501 g/mol. The summed E-state index contributed by atoms with van der Waals surface area (Å²) in [6, 6.07) is 10.2. The van der Waals surface area contributed by atoms with Gasteiger partial charge in [0, 0.05) is 17.3 Å². The lowest BCUT2D eigenvalue weighted by atomic mass is 10.0. The molecule has 0 bridgehead atoms. The van der Waals surface area contributed by atoms with Gasteiger partial charge in [-0.2, -0.15) is 28.6 Å². The van der Waals surface area contributed by atoms with E-state index < -0.39 is 18.3 Å². The number of hydrogen-bond donors (Lipinski definition) is 1. The Labute approximate surface area is 215 Å². The van der Waals surface area contributed by atoms with E-state index in [0.29, 0.717) is 28.0 Å². The normalized spacial score (nSPS) is 17.7. The van der Waals surface area contributed by atoms with Crippen molar-refractivity contribution in [1.29, 1.82) is 5.26 Å². The molecule has 1 atom stereocenters. The molecule has 38 heavy (non-hydrogen) atoms. The van der Waals surface area contributed by atoms with Crippen LogP contribution in [0.5, 0.6) is 0 Å². The minimum Gasteiger partial charge on any atom is -0.382 e. The van der Waals surface area contributed by atoms with Crippen molar-refractivity contribution < 1.29 is 22.7 Å². The van der Waals surface area contributed by atoms with Crippen LogP contribution in [-0.4, -0.2) is 54.7 Å². The number of fused-ring (bicyclic) bond motifs is 1. The van der Waals surface area contributed by atoms with E-state index in [1.165, 1.54) is 28.0 Å². The lowest BCUT2D eigenvalue weighted by Crippen LogP contribution is -2.56. The topological polar surface area (TPSA) is 127 Å². The van der Waals surface area contributed by atoms with E-state index in [-0.39, 0.29) is 35.6 Å². The van der Waals surface area contributed by atoms with Crippen LogP contribution >= 0.6 is 0 Å². The van der Waals surface area contributed by atoms with E-state index in [9.17, 15) is 23.2 Å². The zero-order valence-corrected chi connectivity index (χ0v) is 20.7. The Hall–Kier alpha value is -4.44. The monoisotopic (exact) mass is 524 g/mol. The number of rotatable bonds is 4. The van der Waals surface area contributed by atoms with Gasteiger partial charge in [-0.15, -0.1) is 0 Å². The van der Waals surface area contributed by atoms with Gasteiger partial charge in [0.05, 0.1) is 35.3 Å². The molecule has 4 heterocycles. The molecule has 196 valence electrons. The molecule has 0 spiro atoms. The van der Waals surface area contributed by atoms with Crippen molar-refractivity contribution in [2.45, 2.75) is 45.2 Å². The predicted octanol–water partition coefficient (Wildman–Crippen LogP) is 3.81. The van der Waals surface area contributed by atoms with Crippen LogP contribution in [0.3, 0.4) is 0 Å². The average molecular weight is 525 g/mol. The summed E-state index contributed by atoms with van der Waals surface area (Å²) < 4.78 is 47.7. The SMILES string of the molecule is C[C@H]1CN(c2cc(-c3cc(-c4ccnn4CC(F)(F)F)c4c(N)ncnn34)ccc2C#N)C(=O)C(C)(C)O1. The van der Waals surface area contributed by atoms with Gasteiger partial charge in [-0.25, -0.2) is 9.50 Å². The number of aromatic nitrogens is 5. The van der Waals surface area contributed by atoms with Crippen LogP contribution in [0.25, 0.3) is 28.0 Å². The van der Waals surface area contributed by atoms with Crippen molar-refractivity contribution in [2.24, 2.45) is 0 Å². The summed E-state index contributed by atoms with van der Waals surface area (Å²) in [6.07, 6.45) is -2.25. The molecule has 0 unspecified atom stereocenters. The van der Waals surface area contributed by atoms with Crippen molar-refractivity contribution in [3.63, 3.8) is 0 Å². The molecule has 10 nitrogen and oxygen atoms in total. The first-order valence-electron chi connectivity index (χ1n) is 11.6. The Balaban J connectivity index is 1.69. The van der Waals surface area contributed by atoms with Gasteiger partial charge in [-0.3, -0.25) is 9.48 Å². The van der Waals surface area contributed by atoms with Gasteiger partial charge in [-0.1, -0.05) is 6.07 Å². The van der Waals surface area contributed by atoms with Crippen molar-refractivity contribution >= 4 is 22.9 Å². The number of anilines is 2. The number of morpholine rings is 1. The minimum absolute atomic E-state index is 0.0637. The third-order valence-corrected chi connectivity index (χ3v) is 6.30. The summed E-state index contributed by atoms with van der Waals surface area (Å²) in [5.41, 5.74) is 7.60. The van der Waals surface area contributed by atoms with Crippen LogP contribution in [-0.2, 0) is 16.1 Å². The maximum atomic E-state index is 13.2. The zero-order valence-electron chi connectivity index (χ0n) is 20.7. The standard InChI is InChI=1S/C25H23F3N8O2/c1-14-11-34(23(37)24(2,3)38-14)19-8-15(4-5-16(19)10-29)20-9-17(21-22(30)31-13-33-36(20)21)18-6-7-32-35(18)12-25(26,27)28/h4-9,13-14H,11-12H2,1-3H3,(H2,30,31,33)/t14-/m0/s1. The predicted molar refractivity (Wildman–Crippen MR) is 132 cm³/mol. The molecule has 13 heteroatoms. The molecule has 2 N–H and O–H groups in total. The number of nitrogens with zero attached hydrogens (tertiary/aromatic N) is 7. The number of ether oxygens (including phenoxy) is 1. The third kappa shape index (κ3) is 4.32. The minimum atomic E-state index is -4.49. The second-order valence-corrected chi connectivity index (χ2v) is 9.54. The number of carbonyl (C=O) groups is 1. The molecule has 5 rings (SSSR count). The zero-order chi connectivity index (χ0) is 27.4. The van der Waals surface area contributed by atoms with Crippen LogP contribution in [0.2, 0.25) is 0 Å². The first-order valence-corrected chi connectivity index (χ1v) is 11.6. The second-order valence-electron chi connectivity index (χ2n) is 9.54. The highest BCUT2D eigenvalue weighted by Gasteiger charge is 2.41. The number of nitriles is 1. The van der Waals surface area contributed by atoms with Crippen LogP contribution in [0.1, 0.15) is 26.3 Å². The maximum absolute atomic E-state index is 13.2. The molecule has 1 aromatic carbocycles. The molecule has 0 radical (unpaired) electrons. The summed E-state index contributed by atoms with van der Waals surface area (Å²) in [5, 5.41) is 17.9. The fraction of sp³-hybridized carbons (Fsp3) is 0.320. The van der Waals surface area contributed by atoms with Gasteiger partial charge in [0.2, 0.25) is 0 Å². The van der Waals surface area contributed by atoms with Crippen LogP contribution < -0.4 is 10.6 Å². The fourth-order valence-electron chi connectivity index (χ4n) is 4.80. The Morgan fingerprint density at radius 3 is 2.68 bits per heavy atom. The third-order valence-electron chi connectivity index (χ3n) is 6.30. The Kier molecular flexibility index (Phi) is 5.87. The summed E-state index contributed by atoms with van der Waals surface area (Å²) in [4.78, 5) is 18.8. The van der Waals surface area contributed by atoms with Crippen LogP contribution in [0.4, 0.5) is 24.7 Å². The number of nitrogen functional groups attached to an aromatic ring is 1. The number of benzene rings is 1. The van der Waals surface area contributed by atoms with E-state index in [2.05, 4.69) is 21.3 Å². The summed E-state index contributed by atoms with van der Waals surface area (Å²) in [7, 11) is 0. The molecule has 3 aromatic heterocycles. The molecule has 4 aromatic rings. The highest BCUT2D eigenvalue weighted by atomic mass is 19.4. The van der Waals surface area contributed by atoms with E-state index in [1.807, 2.05) is 6.92 Å². The smallest absolute Gasteiger partial charge is 0.382 e. The molecule has 1 aliphatic heterocycles. The van der Waals surface area contributed by atoms with E-state index >= 15 is 0 Å². The van der Waals surface area contributed by atoms with Gasteiger partial charge < -0.3 is 15.4 Å². The van der Waals surface area contributed by atoms with Gasteiger partial charge in [0.1, 0.15) is 30.1 Å². The van der Waals surface area contributed by atoms with Crippen LogP contribution in [0.15, 0.2) is 42.9 Å².